The van der Waals surface area contributed by atoms with Crippen molar-refractivity contribution >= 4 is 18.3 Å². The van der Waals surface area contributed by atoms with Crippen LogP contribution in [0, 0.1) is 12.8 Å². The van der Waals surface area contributed by atoms with Crippen LogP contribution >= 0.6 is 12.4 Å². The first-order valence-electron chi connectivity index (χ1n) is 7.09. The molecule has 0 saturated carbocycles. The van der Waals surface area contributed by atoms with Gasteiger partial charge in [0, 0.05) is 19.6 Å². The fourth-order valence-corrected chi connectivity index (χ4v) is 1.69. The van der Waals surface area contributed by atoms with E-state index in [0.717, 1.165) is 12.2 Å². The van der Waals surface area contributed by atoms with Gasteiger partial charge in [-0.2, -0.15) is 0 Å². The Morgan fingerprint density at radius 2 is 1.86 bits per heavy atom. The molecular formula is C16H27ClN2O2. The standard InChI is InChI=1S/C16H26N2O2.ClH/c1-12(2)15(17)9-10-18(4)16(19)11-20-14-7-5-13(3)6-8-14;/h5-8,12,15H,9-11,17H2,1-4H3;1H. The number of halogens is 1. The average Bonchev–Trinajstić information content (AvgIpc) is 2.43. The average molecular weight is 315 g/mol. The molecule has 0 aliphatic carbocycles. The summed E-state index contributed by atoms with van der Waals surface area (Å²) in [7, 11) is 1.79. The van der Waals surface area contributed by atoms with Gasteiger partial charge in [0.15, 0.2) is 6.61 Å². The Balaban J connectivity index is 0.00000400. The number of hydrogen-bond donors (Lipinski definition) is 1. The van der Waals surface area contributed by atoms with Gasteiger partial charge in [-0.1, -0.05) is 31.5 Å². The number of benzene rings is 1. The van der Waals surface area contributed by atoms with Crippen molar-refractivity contribution in [3.05, 3.63) is 29.8 Å². The van der Waals surface area contributed by atoms with E-state index in [1.54, 1.807) is 11.9 Å². The maximum atomic E-state index is 11.9. The summed E-state index contributed by atoms with van der Waals surface area (Å²) in [6, 6.07) is 7.80. The zero-order valence-corrected chi connectivity index (χ0v) is 14.2. The predicted molar refractivity (Wildman–Crippen MR) is 89.0 cm³/mol. The summed E-state index contributed by atoms with van der Waals surface area (Å²) in [6.07, 6.45) is 0.810. The minimum absolute atomic E-state index is 0. The third-order valence-corrected chi connectivity index (χ3v) is 3.46. The van der Waals surface area contributed by atoms with Crippen molar-refractivity contribution in [2.45, 2.75) is 33.2 Å². The second-order valence-corrected chi connectivity index (χ2v) is 5.61. The number of nitrogens with two attached hydrogens (primary N) is 1. The summed E-state index contributed by atoms with van der Waals surface area (Å²) in [5.74, 6) is 1.13. The van der Waals surface area contributed by atoms with Gasteiger partial charge in [-0.15, -0.1) is 12.4 Å². The van der Waals surface area contributed by atoms with Crippen LogP contribution in [0.3, 0.4) is 0 Å². The van der Waals surface area contributed by atoms with Crippen LogP contribution in [0.25, 0.3) is 0 Å². The van der Waals surface area contributed by atoms with Crippen molar-refractivity contribution in [1.82, 2.24) is 4.90 Å². The van der Waals surface area contributed by atoms with Crippen molar-refractivity contribution < 1.29 is 9.53 Å². The van der Waals surface area contributed by atoms with E-state index in [1.807, 2.05) is 31.2 Å². The van der Waals surface area contributed by atoms with E-state index >= 15 is 0 Å². The number of amides is 1. The normalized spacial score (nSPS) is 11.7. The SMILES string of the molecule is Cc1ccc(OCC(=O)N(C)CCC(N)C(C)C)cc1.Cl. The highest BCUT2D eigenvalue weighted by atomic mass is 35.5. The lowest BCUT2D eigenvalue weighted by Crippen LogP contribution is -2.36. The highest BCUT2D eigenvalue weighted by molar-refractivity contribution is 5.85. The van der Waals surface area contributed by atoms with E-state index in [1.165, 1.54) is 5.56 Å². The van der Waals surface area contributed by atoms with Crippen molar-refractivity contribution in [2.75, 3.05) is 20.2 Å². The summed E-state index contributed by atoms with van der Waals surface area (Å²) in [6.45, 7) is 6.92. The molecule has 4 nitrogen and oxygen atoms in total. The summed E-state index contributed by atoms with van der Waals surface area (Å²) in [4.78, 5) is 13.6. The molecule has 0 aromatic heterocycles. The minimum Gasteiger partial charge on any atom is -0.484 e. The Morgan fingerprint density at radius 1 is 1.29 bits per heavy atom. The van der Waals surface area contributed by atoms with Crippen LogP contribution in [0.4, 0.5) is 0 Å². The van der Waals surface area contributed by atoms with E-state index in [9.17, 15) is 4.79 Å². The number of aryl methyl sites for hydroxylation is 1. The number of carbonyl (C=O) groups excluding carboxylic acids is 1. The van der Waals surface area contributed by atoms with Crippen molar-refractivity contribution in [1.29, 1.82) is 0 Å². The summed E-state index contributed by atoms with van der Waals surface area (Å²) in [5.41, 5.74) is 7.14. The van der Waals surface area contributed by atoms with Crippen LogP contribution in [-0.2, 0) is 4.79 Å². The molecule has 120 valence electrons. The fourth-order valence-electron chi connectivity index (χ4n) is 1.69. The molecule has 1 rings (SSSR count). The number of carbonyl (C=O) groups is 1. The lowest BCUT2D eigenvalue weighted by molar-refractivity contribution is -0.132. The summed E-state index contributed by atoms with van der Waals surface area (Å²) < 4.78 is 5.48. The van der Waals surface area contributed by atoms with Crippen molar-refractivity contribution in [3.63, 3.8) is 0 Å². The minimum atomic E-state index is -0.0264. The quantitative estimate of drug-likeness (QED) is 0.841. The van der Waals surface area contributed by atoms with Crippen molar-refractivity contribution in [3.8, 4) is 5.75 Å². The molecule has 0 aliphatic heterocycles. The van der Waals surface area contributed by atoms with Crippen LogP contribution in [0.5, 0.6) is 5.75 Å². The first kappa shape index (κ1) is 19.7. The summed E-state index contributed by atoms with van der Waals surface area (Å²) in [5, 5.41) is 0. The molecule has 0 heterocycles. The van der Waals surface area contributed by atoms with E-state index in [4.69, 9.17) is 10.5 Å². The molecule has 21 heavy (non-hydrogen) atoms. The van der Waals surface area contributed by atoms with Crippen LogP contribution < -0.4 is 10.5 Å². The Hall–Kier alpha value is -1.26. The second-order valence-electron chi connectivity index (χ2n) is 5.61. The zero-order valence-electron chi connectivity index (χ0n) is 13.3. The first-order valence-corrected chi connectivity index (χ1v) is 7.09. The maximum absolute atomic E-state index is 11.9. The number of likely N-dealkylation sites (N-methyl/N-ethyl adjacent to an activating group) is 1. The van der Waals surface area contributed by atoms with Gasteiger partial charge in [-0.05, 0) is 31.4 Å². The first-order chi connectivity index (χ1) is 9.40. The van der Waals surface area contributed by atoms with Crippen LogP contribution in [0.15, 0.2) is 24.3 Å². The van der Waals surface area contributed by atoms with Crippen LogP contribution in [0.1, 0.15) is 25.8 Å². The van der Waals surface area contributed by atoms with Gasteiger partial charge in [0.1, 0.15) is 5.75 Å². The molecule has 1 atom stereocenters. The van der Waals surface area contributed by atoms with Crippen molar-refractivity contribution in [2.24, 2.45) is 11.7 Å². The number of hydrogen-bond acceptors (Lipinski definition) is 3. The molecule has 0 bridgehead atoms. The second kappa shape index (κ2) is 9.64. The molecule has 1 aromatic carbocycles. The van der Waals surface area contributed by atoms with Gasteiger partial charge in [-0.3, -0.25) is 4.79 Å². The number of ether oxygens (including phenoxy) is 1. The monoisotopic (exact) mass is 314 g/mol. The lowest BCUT2D eigenvalue weighted by Gasteiger charge is -2.21. The Morgan fingerprint density at radius 3 is 2.38 bits per heavy atom. The Kier molecular flexibility index (Phi) is 9.06. The van der Waals surface area contributed by atoms with E-state index in [-0.39, 0.29) is 31.0 Å². The number of rotatable bonds is 7. The zero-order chi connectivity index (χ0) is 15.1. The Labute approximate surface area is 134 Å². The van der Waals surface area contributed by atoms with Crippen LogP contribution in [0.2, 0.25) is 0 Å². The van der Waals surface area contributed by atoms with Gasteiger partial charge in [0.2, 0.25) is 0 Å². The third kappa shape index (κ3) is 7.34. The van der Waals surface area contributed by atoms with Gasteiger partial charge in [0.05, 0.1) is 0 Å². The molecule has 2 N–H and O–H groups in total. The lowest BCUT2D eigenvalue weighted by atomic mass is 10.0. The highest BCUT2D eigenvalue weighted by Gasteiger charge is 2.13. The van der Waals surface area contributed by atoms with Gasteiger partial charge in [-0.25, -0.2) is 0 Å². The largest absolute Gasteiger partial charge is 0.484 e. The molecular weight excluding hydrogens is 288 g/mol. The van der Waals surface area contributed by atoms with Crippen LogP contribution in [-0.4, -0.2) is 37.0 Å². The summed E-state index contributed by atoms with van der Waals surface area (Å²) >= 11 is 0. The molecule has 0 aliphatic rings. The molecule has 0 fully saturated rings. The van der Waals surface area contributed by atoms with Gasteiger partial charge < -0.3 is 15.4 Å². The molecule has 0 saturated heterocycles. The topological polar surface area (TPSA) is 55.6 Å². The number of nitrogens with zero attached hydrogens (tertiary/aromatic N) is 1. The van der Waals surface area contributed by atoms with Gasteiger partial charge >= 0.3 is 0 Å². The molecule has 0 spiro atoms. The van der Waals surface area contributed by atoms with Gasteiger partial charge in [0.25, 0.3) is 5.91 Å². The predicted octanol–water partition coefficient (Wildman–Crippen LogP) is 2.63. The Bertz CT molecular complexity index is 421. The maximum Gasteiger partial charge on any atom is 0.260 e. The van der Waals surface area contributed by atoms with E-state index in [0.29, 0.717) is 12.5 Å². The third-order valence-electron chi connectivity index (χ3n) is 3.46. The molecule has 0 radical (unpaired) electrons. The highest BCUT2D eigenvalue weighted by Crippen LogP contribution is 2.11. The van der Waals surface area contributed by atoms with E-state index in [2.05, 4.69) is 13.8 Å². The fraction of sp³-hybridized carbons (Fsp3) is 0.562. The molecule has 5 heteroatoms. The molecule has 1 amide bonds. The molecule has 1 unspecified atom stereocenters. The van der Waals surface area contributed by atoms with E-state index < -0.39 is 0 Å². The smallest absolute Gasteiger partial charge is 0.260 e. The molecule has 1 aromatic rings.